The van der Waals surface area contributed by atoms with Gasteiger partial charge in [-0.2, -0.15) is 0 Å². The summed E-state index contributed by atoms with van der Waals surface area (Å²) in [6.45, 7) is 2.66. The van der Waals surface area contributed by atoms with Crippen molar-refractivity contribution in [3.63, 3.8) is 0 Å². The van der Waals surface area contributed by atoms with Gasteiger partial charge in [0.05, 0.1) is 19.4 Å². The van der Waals surface area contributed by atoms with Gasteiger partial charge in [-0.3, -0.25) is 0 Å². The number of ether oxygens (including phenoxy) is 4. The van der Waals surface area contributed by atoms with Crippen LogP contribution in [0.25, 0.3) is 0 Å². The van der Waals surface area contributed by atoms with Crippen LogP contribution in [0.5, 0.6) is 23.0 Å². The maximum atomic E-state index is 12.9. The number of fused-ring (bicyclic) bond motifs is 1. The molecule has 2 N–H and O–H groups in total. The van der Waals surface area contributed by atoms with Crippen molar-refractivity contribution in [3.05, 3.63) is 77.9 Å². The maximum absolute atomic E-state index is 12.9. The highest BCUT2D eigenvalue weighted by atomic mass is 16.7. The molecule has 0 saturated heterocycles. The van der Waals surface area contributed by atoms with Crippen LogP contribution in [-0.2, 0) is 12.8 Å². The number of amides is 2. The van der Waals surface area contributed by atoms with Crippen molar-refractivity contribution >= 4 is 11.7 Å². The van der Waals surface area contributed by atoms with Crippen LogP contribution in [-0.4, -0.2) is 32.6 Å². The molecule has 2 amide bonds. The van der Waals surface area contributed by atoms with Gasteiger partial charge >= 0.3 is 6.03 Å². The molecule has 7 heteroatoms. The molecule has 1 aliphatic rings. The third-order valence-corrected chi connectivity index (χ3v) is 5.33. The first-order valence-electron chi connectivity index (χ1n) is 11.0. The Bertz CT molecular complexity index is 1080. The number of hydrogen-bond acceptors (Lipinski definition) is 5. The second-order valence-electron chi connectivity index (χ2n) is 7.67. The van der Waals surface area contributed by atoms with E-state index in [-0.39, 0.29) is 18.9 Å². The lowest BCUT2D eigenvalue weighted by atomic mass is 9.98. The largest absolute Gasteiger partial charge is 0.497 e. The Balaban J connectivity index is 1.49. The number of rotatable bonds is 9. The standard InChI is InChI=1S/C26H28N2O5/c1-3-31-23-7-5-4-6-22(23)28-26(29)27-20(14-18-8-11-21(30-2)12-9-18)15-19-10-13-24-25(16-19)33-17-32-24/h4-13,16,20H,3,14-15,17H2,1-2H3,(H2,27,28,29). The number of carbonyl (C=O) groups excluding carboxylic acids is 1. The molecule has 7 nitrogen and oxygen atoms in total. The molecule has 0 saturated carbocycles. The van der Waals surface area contributed by atoms with E-state index in [9.17, 15) is 4.79 Å². The lowest BCUT2D eigenvalue weighted by Crippen LogP contribution is -2.40. The van der Waals surface area contributed by atoms with Crippen molar-refractivity contribution in [1.29, 1.82) is 0 Å². The second-order valence-corrected chi connectivity index (χ2v) is 7.67. The SMILES string of the molecule is CCOc1ccccc1NC(=O)NC(Cc1ccc(OC)cc1)Cc1ccc2c(c1)OCO2. The quantitative estimate of drug-likeness (QED) is 0.492. The number of benzene rings is 3. The number of methoxy groups -OCH3 is 1. The Labute approximate surface area is 193 Å². The van der Waals surface area contributed by atoms with Gasteiger partial charge in [-0.15, -0.1) is 0 Å². The molecular weight excluding hydrogens is 420 g/mol. The van der Waals surface area contributed by atoms with Gasteiger partial charge in [0.1, 0.15) is 11.5 Å². The summed E-state index contributed by atoms with van der Waals surface area (Å²) in [5.41, 5.74) is 2.77. The topological polar surface area (TPSA) is 78.1 Å². The summed E-state index contributed by atoms with van der Waals surface area (Å²) < 4.78 is 21.8. The Kier molecular flexibility index (Phi) is 7.19. The maximum Gasteiger partial charge on any atom is 0.319 e. The normalized spacial score (nSPS) is 12.7. The first-order valence-corrected chi connectivity index (χ1v) is 11.0. The van der Waals surface area contributed by atoms with E-state index in [2.05, 4.69) is 10.6 Å². The number of carbonyl (C=O) groups is 1. The second kappa shape index (κ2) is 10.6. The van der Waals surface area contributed by atoms with Crippen LogP contribution < -0.4 is 29.6 Å². The smallest absolute Gasteiger partial charge is 0.319 e. The van der Waals surface area contributed by atoms with E-state index in [1.54, 1.807) is 7.11 Å². The van der Waals surface area contributed by atoms with E-state index >= 15 is 0 Å². The van der Waals surface area contributed by atoms with Crippen molar-refractivity contribution in [3.8, 4) is 23.0 Å². The molecule has 33 heavy (non-hydrogen) atoms. The molecule has 0 aliphatic carbocycles. The van der Waals surface area contributed by atoms with Gasteiger partial charge in [0.15, 0.2) is 11.5 Å². The molecule has 1 atom stereocenters. The zero-order chi connectivity index (χ0) is 23.0. The summed E-state index contributed by atoms with van der Waals surface area (Å²) in [5.74, 6) is 2.90. The fourth-order valence-corrected chi connectivity index (χ4v) is 3.77. The monoisotopic (exact) mass is 448 g/mol. The van der Waals surface area contributed by atoms with Crippen molar-refractivity contribution in [2.45, 2.75) is 25.8 Å². The fraction of sp³-hybridized carbons (Fsp3) is 0.269. The van der Waals surface area contributed by atoms with Gasteiger partial charge < -0.3 is 29.6 Å². The van der Waals surface area contributed by atoms with E-state index in [0.717, 1.165) is 28.4 Å². The average Bonchev–Trinajstić information content (AvgIpc) is 3.29. The van der Waals surface area contributed by atoms with Gasteiger partial charge in [-0.1, -0.05) is 30.3 Å². The highest BCUT2D eigenvalue weighted by Crippen LogP contribution is 2.33. The van der Waals surface area contributed by atoms with Gasteiger partial charge in [-0.05, 0) is 67.3 Å². The van der Waals surface area contributed by atoms with Gasteiger partial charge in [0.25, 0.3) is 0 Å². The summed E-state index contributed by atoms with van der Waals surface area (Å²) in [7, 11) is 1.64. The Morgan fingerprint density at radius 2 is 1.70 bits per heavy atom. The summed E-state index contributed by atoms with van der Waals surface area (Å²) in [5, 5.41) is 6.04. The zero-order valence-electron chi connectivity index (χ0n) is 18.8. The van der Waals surface area contributed by atoms with Gasteiger partial charge in [-0.25, -0.2) is 4.79 Å². The molecule has 0 bridgehead atoms. The van der Waals surface area contributed by atoms with Crippen LogP contribution in [0.4, 0.5) is 10.5 Å². The minimum Gasteiger partial charge on any atom is -0.497 e. The first-order chi connectivity index (χ1) is 16.1. The molecule has 1 aliphatic heterocycles. The number of hydrogen-bond donors (Lipinski definition) is 2. The third kappa shape index (κ3) is 5.88. The summed E-state index contributed by atoms with van der Waals surface area (Å²) in [6.07, 6.45) is 1.28. The number of urea groups is 1. The van der Waals surface area contributed by atoms with Crippen molar-refractivity contribution in [1.82, 2.24) is 5.32 Å². The predicted molar refractivity (Wildman–Crippen MR) is 127 cm³/mol. The lowest BCUT2D eigenvalue weighted by molar-refractivity contribution is 0.174. The summed E-state index contributed by atoms with van der Waals surface area (Å²) >= 11 is 0. The zero-order valence-corrected chi connectivity index (χ0v) is 18.8. The highest BCUT2D eigenvalue weighted by Gasteiger charge is 2.18. The highest BCUT2D eigenvalue weighted by molar-refractivity contribution is 5.91. The predicted octanol–water partition coefficient (Wildman–Crippen LogP) is 4.80. The Morgan fingerprint density at radius 1 is 0.970 bits per heavy atom. The van der Waals surface area contributed by atoms with Gasteiger partial charge in [0, 0.05) is 6.04 Å². The van der Waals surface area contributed by atoms with Crippen molar-refractivity contribution < 1.29 is 23.7 Å². The van der Waals surface area contributed by atoms with Crippen LogP contribution in [0, 0.1) is 0 Å². The van der Waals surface area contributed by atoms with Crippen LogP contribution >= 0.6 is 0 Å². The molecule has 1 unspecified atom stereocenters. The van der Waals surface area contributed by atoms with Crippen LogP contribution in [0.3, 0.4) is 0 Å². The molecule has 0 fully saturated rings. The molecule has 0 spiro atoms. The Hall–Kier alpha value is -3.87. The molecule has 4 rings (SSSR count). The van der Waals surface area contributed by atoms with E-state index in [1.165, 1.54) is 0 Å². The minimum absolute atomic E-state index is 0.155. The Morgan fingerprint density at radius 3 is 2.48 bits per heavy atom. The van der Waals surface area contributed by atoms with E-state index < -0.39 is 0 Å². The molecule has 0 aromatic heterocycles. The lowest BCUT2D eigenvalue weighted by Gasteiger charge is -2.20. The summed E-state index contributed by atoms with van der Waals surface area (Å²) in [6, 6.07) is 20.7. The third-order valence-electron chi connectivity index (χ3n) is 5.33. The van der Waals surface area contributed by atoms with Crippen LogP contribution in [0.15, 0.2) is 66.7 Å². The van der Waals surface area contributed by atoms with Crippen molar-refractivity contribution in [2.75, 3.05) is 25.8 Å². The fourth-order valence-electron chi connectivity index (χ4n) is 3.77. The number of nitrogens with one attached hydrogen (secondary N) is 2. The summed E-state index contributed by atoms with van der Waals surface area (Å²) in [4.78, 5) is 12.9. The molecule has 172 valence electrons. The average molecular weight is 449 g/mol. The van der Waals surface area contributed by atoms with E-state index in [1.807, 2.05) is 73.7 Å². The van der Waals surface area contributed by atoms with Crippen LogP contribution in [0.2, 0.25) is 0 Å². The van der Waals surface area contributed by atoms with E-state index in [4.69, 9.17) is 18.9 Å². The molecule has 1 heterocycles. The minimum atomic E-state index is -0.290. The van der Waals surface area contributed by atoms with E-state index in [0.29, 0.717) is 30.9 Å². The first kappa shape index (κ1) is 22.3. The number of para-hydroxylation sites is 2. The van der Waals surface area contributed by atoms with Gasteiger partial charge in [0.2, 0.25) is 6.79 Å². The number of anilines is 1. The molecule has 0 radical (unpaired) electrons. The molecule has 3 aromatic carbocycles. The molecular formula is C26H28N2O5. The van der Waals surface area contributed by atoms with Crippen molar-refractivity contribution in [2.24, 2.45) is 0 Å². The molecule has 3 aromatic rings. The van der Waals surface area contributed by atoms with Crippen LogP contribution in [0.1, 0.15) is 18.1 Å².